The van der Waals surface area contributed by atoms with E-state index in [4.69, 9.17) is 5.73 Å². The zero-order valence-electron chi connectivity index (χ0n) is 8.98. The van der Waals surface area contributed by atoms with Crippen molar-refractivity contribution in [2.24, 2.45) is 0 Å². The monoisotopic (exact) mass is 207 g/mol. The predicted octanol–water partition coefficient (Wildman–Crippen LogP) is 0.933. The van der Waals surface area contributed by atoms with Gasteiger partial charge in [0, 0.05) is 13.1 Å². The van der Waals surface area contributed by atoms with E-state index < -0.39 is 0 Å². The third kappa shape index (κ3) is 2.21. The van der Waals surface area contributed by atoms with E-state index >= 15 is 0 Å². The van der Waals surface area contributed by atoms with Gasteiger partial charge in [0.05, 0.1) is 18.0 Å². The molecule has 4 heteroatoms. The Kier molecular flexibility index (Phi) is 2.77. The van der Waals surface area contributed by atoms with Crippen LogP contribution in [0.4, 0.5) is 11.5 Å². The lowest BCUT2D eigenvalue weighted by Crippen LogP contribution is -2.38. The van der Waals surface area contributed by atoms with Crippen molar-refractivity contribution in [3.05, 3.63) is 17.8 Å². The van der Waals surface area contributed by atoms with Gasteiger partial charge in [-0.1, -0.05) is 0 Å². The number of nitrogen functional groups attached to an aromatic ring is 1. The van der Waals surface area contributed by atoms with Crippen molar-refractivity contribution in [2.45, 2.75) is 25.9 Å². The van der Waals surface area contributed by atoms with Gasteiger partial charge in [-0.3, -0.25) is 0 Å². The molecule has 0 aliphatic carbocycles. The number of aryl methyl sites for hydroxylation is 1. The van der Waals surface area contributed by atoms with Crippen molar-refractivity contribution >= 4 is 11.5 Å². The maximum Gasteiger partial charge on any atom is 0.128 e. The first-order valence-corrected chi connectivity index (χ1v) is 5.32. The summed E-state index contributed by atoms with van der Waals surface area (Å²) in [6.45, 7) is 3.62. The Morgan fingerprint density at radius 1 is 1.60 bits per heavy atom. The Bertz CT molecular complexity index is 354. The van der Waals surface area contributed by atoms with Crippen LogP contribution in [0.1, 0.15) is 18.4 Å². The first-order valence-electron chi connectivity index (χ1n) is 5.32. The van der Waals surface area contributed by atoms with Gasteiger partial charge in [-0.15, -0.1) is 0 Å². The Morgan fingerprint density at radius 3 is 3.07 bits per heavy atom. The summed E-state index contributed by atoms with van der Waals surface area (Å²) in [5.41, 5.74) is 7.48. The molecule has 0 aromatic carbocycles. The standard InChI is InChI=1S/C11H17N3O/c1-8-5-11(13-6-10(8)12)14-4-2-3-9(15)7-14/h5-6,9,15H,2-4,7,12H2,1H3. The van der Waals surface area contributed by atoms with E-state index in [0.29, 0.717) is 6.54 Å². The molecule has 1 aromatic rings. The molecule has 2 rings (SSSR count). The second-order valence-corrected chi connectivity index (χ2v) is 4.14. The van der Waals surface area contributed by atoms with Gasteiger partial charge in [-0.05, 0) is 31.4 Å². The number of β-amino-alcohol motifs (C(OH)–C–C–N with tert-alkyl or cyclic N) is 1. The molecule has 15 heavy (non-hydrogen) atoms. The Morgan fingerprint density at radius 2 is 2.40 bits per heavy atom. The molecule has 2 heterocycles. The van der Waals surface area contributed by atoms with Crippen LogP contribution < -0.4 is 10.6 Å². The number of rotatable bonds is 1. The fraction of sp³-hybridized carbons (Fsp3) is 0.545. The fourth-order valence-corrected chi connectivity index (χ4v) is 1.89. The normalized spacial score (nSPS) is 21.7. The Balaban J connectivity index is 2.18. The molecule has 3 N–H and O–H groups in total. The van der Waals surface area contributed by atoms with Crippen LogP contribution in [-0.2, 0) is 0 Å². The van der Waals surface area contributed by atoms with Crippen LogP contribution in [0.15, 0.2) is 12.3 Å². The average Bonchev–Trinajstić information content (AvgIpc) is 2.22. The van der Waals surface area contributed by atoms with Crippen LogP contribution in [-0.4, -0.2) is 29.3 Å². The van der Waals surface area contributed by atoms with Gasteiger partial charge in [0.15, 0.2) is 0 Å². The van der Waals surface area contributed by atoms with E-state index in [1.54, 1.807) is 6.20 Å². The van der Waals surface area contributed by atoms with Gasteiger partial charge >= 0.3 is 0 Å². The van der Waals surface area contributed by atoms with Crippen molar-refractivity contribution in [2.75, 3.05) is 23.7 Å². The maximum atomic E-state index is 9.57. The highest BCUT2D eigenvalue weighted by molar-refractivity contribution is 5.52. The summed E-state index contributed by atoms with van der Waals surface area (Å²) in [6.07, 6.45) is 3.38. The molecule has 1 fully saturated rings. The fourth-order valence-electron chi connectivity index (χ4n) is 1.89. The molecule has 1 saturated heterocycles. The molecule has 0 amide bonds. The van der Waals surface area contributed by atoms with Crippen LogP contribution in [0.25, 0.3) is 0 Å². The second kappa shape index (κ2) is 4.06. The first kappa shape index (κ1) is 10.2. The van der Waals surface area contributed by atoms with Crippen LogP contribution >= 0.6 is 0 Å². The van der Waals surface area contributed by atoms with Gasteiger partial charge in [0.25, 0.3) is 0 Å². The SMILES string of the molecule is Cc1cc(N2CCCC(O)C2)ncc1N. The van der Waals surface area contributed by atoms with Gasteiger partial charge in [0.1, 0.15) is 5.82 Å². The molecule has 1 aliphatic rings. The molecule has 1 atom stereocenters. The zero-order valence-corrected chi connectivity index (χ0v) is 8.98. The van der Waals surface area contributed by atoms with E-state index in [1.807, 2.05) is 13.0 Å². The van der Waals surface area contributed by atoms with Gasteiger partial charge in [0.2, 0.25) is 0 Å². The van der Waals surface area contributed by atoms with E-state index in [9.17, 15) is 5.11 Å². The summed E-state index contributed by atoms with van der Waals surface area (Å²) in [5, 5.41) is 9.57. The number of pyridine rings is 1. The van der Waals surface area contributed by atoms with Gasteiger partial charge in [-0.25, -0.2) is 4.98 Å². The zero-order chi connectivity index (χ0) is 10.8. The number of aliphatic hydroxyl groups excluding tert-OH is 1. The number of hydrogen-bond donors (Lipinski definition) is 2. The molecule has 0 spiro atoms. The lowest BCUT2D eigenvalue weighted by molar-refractivity contribution is 0.154. The Hall–Kier alpha value is -1.29. The number of hydrogen-bond acceptors (Lipinski definition) is 4. The smallest absolute Gasteiger partial charge is 0.128 e. The number of aliphatic hydroxyl groups is 1. The van der Waals surface area contributed by atoms with Crippen molar-refractivity contribution in [3.8, 4) is 0 Å². The van der Waals surface area contributed by atoms with Crippen LogP contribution in [0.5, 0.6) is 0 Å². The van der Waals surface area contributed by atoms with Gasteiger partial charge in [-0.2, -0.15) is 0 Å². The number of nitrogens with two attached hydrogens (primary N) is 1. The molecular formula is C11H17N3O. The van der Waals surface area contributed by atoms with E-state index in [1.165, 1.54) is 0 Å². The minimum absolute atomic E-state index is 0.224. The maximum absolute atomic E-state index is 9.57. The second-order valence-electron chi connectivity index (χ2n) is 4.14. The largest absolute Gasteiger partial charge is 0.397 e. The quantitative estimate of drug-likeness (QED) is 0.719. The number of piperidine rings is 1. The third-order valence-corrected chi connectivity index (χ3v) is 2.86. The van der Waals surface area contributed by atoms with Crippen molar-refractivity contribution in [1.82, 2.24) is 4.98 Å². The van der Waals surface area contributed by atoms with Crippen molar-refractivity contribution in [1.29, 1.82) is 0 Å². The minimum Gasteiger partial charge on any atom is -0.397 e. The van der Waals surface area contributed by atoms with Gasteiger partial charge < -0.3 is 15.7 Å². The lowest BCUT2D eigenvalue weighted by Gasteiger charge is -2.31. The van der Waals surface area contributed by atoms with Crippen molar-refractivity contribution < 1.29 is 5.11 Å². The molecule has 1 aliphatic heterocycles. The summed E-state index contributed by atoms with van der Waals surface area (Å²) >= 11 is 0. The van der Waals surface area contributed by atoms with E-state index in [0.717, 1.165) is 36.5 Å². The Labute approximate surface area is 89.7 Å². The molecule has 82 valence electrons. The number of nitrogens with zero attached hydrogens (tertiary/aromatic N) is 2. The summed E-state index contributed by atoms with van der Waals surface area (Å²) in [4.78, 5) is 6.40. The van der Waals surface area contributed by atoms with Crippen molar-refractivity contribution in [3.63, 3.8) is 0 Å². The van der Waals surface area contributed by atoms with E-state index in [2.05, 4.69) is 9.88 Å². The van der Waals surface area contributed by atoms with Crippen LogP contribution in [0, 0.1) is 6.92 Å². The number of aromatic nitrogens is 1. The highest BCUT2D eigenvalue weighted by Gasteiger charge is 2.18. The minimum atomic E-state index is -0.224. The lowest BCUT2D eigenvalue weighted by atomic mass is 10.1. The average molecular weight is 207 g/mol. The highest BCUT2D eigenvalue weighted by Crippen LogP contribution is 2.20. The van der Waals surface area contributed by atoms with Crippen LogP contribution in [0.2, 0.25) is 0 Å². The molecule has 0 saturated carbocycles. The predicted molar refractivity (Wildman–Crippen MR) is 60.8 cm³/mol. The number of anilines is 2. The highest BCUT2D eigenvalue weighted by atomic mass is 16.3. The van der Waals surface area contributed by atoms with Crippen LogP contribution in [0.3, 0.4) is 0 Å². The molecule has 1 aromatic heterocycles. The molecule has 0 bridgehead atoms. The first-order chi connectivity index (χ1) is 7.16. The summed E-state index contributed by atoms with van der Waals surface area (Å²) in [6, 6.07) is 1.98. The molecule has 4 nitrogen and oxygen atoms in total. The third-order valence-electron chi connectivity index (χ3n) is 2.86. The molecule has 0 radical (unpaired) electrons. The van der Waals surface area contributed by atoms with E-state index in [-0.39, 0.29) is 6.10 Å². The molecule has 1 unspecified atom stereocenters. The molecular weight excluding hydrogens is 190 g/mol. The summed E-state index contributed by atoms with van der Waals surface area (Å²) in [7, 11) is 0. The summed E-state index contributed by atoms with van der Waals surface area (Å²) in [5.74, 6) is 0.917. The topological polar surface area (TPSA) is 62.4 Å². The summed E-state index contributed by atoms with van der Waals surface area (Å²) < 4.78 is 0.